The number of anilines is 1. The molecule has 0 radical (unpaired) electrons. The van der Waals surface area contributed by atoms with Crippen molar-refractivity contribution in [1.29, 1.82) is 0 Å². The van der Waals surface area contributed by atoms with E-state index in [1.807, 2.05) is 0 Å². The number of nitrogens with zero attached hydrogens (tertiary/aromatic N) is 1. The monoisotopic (exact) mass is 379 g/mol. The van der Waals surface area contributed by atoms with E-state index in [9.17, 15) is 19.7 Å². The SMILES string of the molecule is CCOC(=O)[C@@H]1CC[C@@H](NC(=O)c2ccc(NCCOC)c([N+](=O)[O-])c2)C1. The van der Waals surface area contributed by atoms with E-state index in [2.05, 4.69) is 10.6 Å². The highest BCUT2D eigenvalue weighted by atomic mass is 16.6. The summed E-state index contributed by atoms with van der Waals surface area (Å²) in [7, 11) is 1.54. The molecule has 0 spiro atoms. The molecule has 1 aromatic rings. The van der Waals surface area contributed by atoms with Gasteiger partial charge in [0.25, 0.3) is 11.6 Å². The quantitative estimate of drug-likeness (QED) is 0.292. The van der Waals surface area contributed by atoms with Crippen molar-refractivity contribution >= 4 is 23.3 Å². The largest absolute Gasteiger partial charge is 0.466 e. The van der Waals surface area contributed by atoms with Crippen molar-refractivity contribution in [3.05, 3.63) is 33.9 Å². The lowest BCUT2D eigenvalue weighted by atomic mass is 10.1. The third kappa shape index (κ3) is 5.65. The van der Waals surface area contributed by atoms with E-state index in [-0.39, 0.29) is 29.2 Å². The van der Waals surface area contributed by atoms with E-state index < -0.39 is 10.8 Å². The molecule has 2 atom stereocenters. The lowest BCUT2D eigenvalue weighted by molar-refractivity contribution is -0.384. The fourth-order valence-electron chi connectivity index (χ4n) is 3.12. The van der Waals surface area contributed by atoms with E-state index in [0.29, 0.717) is 44.7 Å². The van der Waals surface area contributed by atoms with E-state index in [4.69, 9.17) is 9.47 Å². The fraction of sp³-hybridized carbons (Fsp3) is 0.556. The number of methoxy groups -OCH3 is 1. The number of hydrogen-bond donors (Lipinski definition) is 2. The van der Waals surface area contributed by atoms with Crippen LogP contribution in [0.4, 0.5) is 11.4 Å². The summed E-state index contributed by atoms with van der Waals surface area (Å²) in [4.78, 5) is 35.0. The zero-order chi connectivity index (χ0) is 19.8. The number of amides is 1. The molecule has 2 N–H and O–H groups in total. The number of carbonyl (C=O) groups is 2. The predicted octanol–water partition coefficient (Wildman–Crippen LogP) is 2.11. The maximum absolute atomic E-state index is 12.5. The molecule has 1 fully saturated rings. The van der Waals surface area contributed by atoms with Crippen LogP contribution >= 0.6 is 0 Å². The van der Waals surface area contributed by atoms with Gasteiger partial charge in [0.2, 0.25) is 0 Å². The Balaban J connectivity index is 2.01. The van der Waals surface area contributed by atoms with E-state index in [0.717, 1.165) is 0 Å². The van der Waals surface area contributed by atoms with Gasteiger partial charge in [0.05, 0.1) is 24.1 Å². The van der Waals surface area contributed by atoms with Crippen LogP contribution in [0.25, 0.3) is 0 Å². The molecule has 0 aliphatic heterocycles. The first-order valence-corrected chi connectivity index (χ1v) is 8.95. The molecule has 1 amide bonds. The molecule has 1 saturated carbocycles. The minimum absolute atomic E-state index is 0.148. The molecule has 9 heteroatoms. The second-order valence-electron chi connectivity index (χ2n) is 6.34. The number of hydrogen-bond acceptors (Lipinski definition) is 7. The summed E-state index contributed by atoms with van der Waals surface area (Å²) in [6, 6.07) is 4.15. The smallest absolute Gasteiger partial charge is 0.308 e. The Labute approximate surface area is 157 Å². The topological polar surface area (TPSA) is 120 Å². The lowest BCUT2D eigenvalue weighted by Crippen LogP contribution is -2.33. The van der Waals surface area contributed by atoms with Gasteiger partial charge >= 0.3 is 5.97 Å². The number of esters is 1. The van der Waals surface area contributed by atoms with Gasteiger partial charge in [0, 0.05) is 31.3 Å². The minimum atomic E-state index is -0.529. The summed E-state index contributed by atoms with van der Waals surface area (Å²) in [5, 5.41) is 17.1. The number of nitro benzene ring substituents is 1. The molecular weight excluding hydrogens is 354 g/mol. The van der Waals surface area contributed by atoms with Crippen molar-refractivity contribution < 1.29 is 24.0 Å². The van der Waals surface area contributed by atoms with Crippen molar-refractivity contribution in [2.24, 2.45) is 5.92 Å². The Morgan fingerprint density at radius 3 is 2.78 bits per heavy atom. The Hall–Kier alpha value is -2.68. The molecular formula is C18H25N3O6. The van der Waals surface area contributed by atoms with E-state index in [1.54, 1.807) is 14.0 Å². The van der Waals surface area contributed by atoms with Crippen LogP contribution < -0.4 is 10.6 Å². The summed E-state index contributed by atoms with van der Waals surface area (Å²) >= 11 is 0. The van der Waals surface area contributed by atoms with Crippen molar-refractivity contribution in [2.75, 3.05) is 32.2 Å². The molecule has 2 rings (SSSR count). The first kappa shape index (κ1) is 20.6. The summed E-state index contributed by atoms with van der Waals surface area (Å²) in [6.45, 7) is 2.91. The normalized spacial score (nSPS) is 18.7. The lowest BCUT2D eigenvalue weighted by Gasteiger charge is -2.14. The molecule has 0 unspecified atom stereocenters. The number of rotatable bonds is 9. The number of nitro groups is 1. The summed E-state index contributed by atoms with van der Waals surface area (Å²) < 4.78 is 9.93. The van der Waals surface area contributed by atoms with Gasteiger partial charge in [-0.05, 0) is 38.3 Å². The van der Waals surface area contributed by atoms with E-state index in [1.165, 1.54) is 18.2 Å². The van der Waals surface area contributed by atoms with Crippen LogP contribution in [0.1, 0.15) is 36.5 Å². The molecule has 1 aliphatic rings. The number of nitrogens with one attached hydrogen (secondary N) is 2. The highest BCUT2D eigenvalue weighted by Gasteiger charge is 2.32. The van der Waals surface area contributed by atoms with Crippen LogP contribution in [0.5, 0.6) is 0 Å². The molecule has 0 bridgehead atoms. The Kier molecular flexibility index (Phi) is 7.54. The van der Waals surface area contributed by atoms with Crippen molar-refractivity contribution in [3.63, 3.8) is 0 Å². The minimum Gasteiger partial charge on any atom is -0.466 e. The zero-order valence-electron chi connectivity index (χ0n) is 15.5. The van der Waals surface area contributed by atoms with Gasteiger partial charge in [-0.25, -0.2) is 0 Å². The van der Waals surface area contributed by atoms with Crippen molar-refractivity contribution in [1.82, 2.24) is 5.32 Å². The predicted molar refractivity (Wildman–Crippen MR) is 98.7 cm³/mol. The third-order valence-electron chi connectivity index (χ3n) is 4.47. The Bertz CT molecular complexity index is 694. The van der Waals surface area contributed by atoms with Gasteiger partial charge in [-0.2, -0.15) is 0 Å². The fourth-order valence-corrected chi connectivity index (χ4v) is 3.12. The second kappa shape index (κ2) is 9.86. The highest BCUT2D eigenvalue weighted by Crippen LogP contribution is 2.28. The van der Waals surface area contributed by atoms with Gasteiger partial charge in [0.15, 0.2) is 0 Å². The summed E-state index contributed by atoms with van der Waals surface area (Å²) in [6.07, 6.45) is 1.85. The molecule has 0 saturated heterocycles. The van der Waals surface area contributed by atoms with Gasteiger partial charge in [-0.1, -0.05) is 0 Å². The number of benzene rings is 1. The van der Waals surface area contributed by atoms with Crippen molar-refractivity contribution in [2.45, 2.75) is 32.2 Å². The second-order valence-corrected chi connectivity index (χ2v) is 6.34. The highest BCUT2D eigenvalue weighted by molar-refractivity contribution is 5.96. The molecule has 1 aromatic carbocycles. The molecule has 148 valence electrons. The van der Waals surface area contributed by atoms with Gasteiger partial charge in [-0.3, -0.25) is 19.7 Å². The van der Waals surface area contributed by atoms with Crippen LogP contribution in [-0.2, 0) is 14.3 Å². The van der Waals surface area contributed by atoms with Gasteiger partial charge in [0.1, 0.15) is 5.69 Å². The average Bonchev–Trinajstić information content (AvgIpc) is 3.10. The van der Waals surface area contributed by atoms with Crippen LogP contribution in [0, 0.1) is 16.0 Å². The van der Waals surface area contributed by atoms with Gasteiger partial charge in [-0.15, -0.1) is 0 Å². The Morgan fingerprint density at radius 2 is 2.11 bits per heavy atom. The molecule has 0 aromatic heterocycles. The zero-order valence-corrected chi connectivity index (χ0v) is 15.5. The number of carbonyl (C=O) groups excluding carboxylic acids is 2. The average molecular weight is 379 g/mol. The van der Waals surface area contributed by atoms with Crippen molar-refractivity contribution in [3.8, 4) is 0 Å². The van der Waals surface area contributed by atoms with E-state index >= 15 is 0 Å². The van der Waals surface area contributed by atoms with Crippen LogP contribution in [-0.4, -0.2) is 49.7 Å². The number of ether oxygens (including phenoxy) is 2. The molecule has 0 heterocycles. The molecule has 9 nitrogen and oxygen atoms in total. The first-order chi connectivity index (χ1) is 13.0. The Morgan fingerprint density at radius 1 is 1.33 bits per heavy atom. The van der Waals surface area contributed by atoms with Crippen LogP contribution in [0.3, 0.4) is 0 Å². The third-order valence-corrected chi connectivity index (χ3v) is 4.47. The van der Waals surface area contributed by atoms with Gasteiger partial charge < -0.3 is 20.1 Å². The van der Waals surface area contributed by atoms with Crippen LogP contribution in [0.2, 0.25) is 0 Å². The van der Waals surface area contributed by atoms with Crippen LogP contribution in [0.15, 0.2) is 18.2 Å². The first-order valence-electron chi connectivity index (χ1n) is 8.95. The summed E-state index contributed by atoms with van der Waals surface area (Å²) in [5.41, 5.74) is 0.366. The molecule has 1 aliphatic carbocycles. The maximum atomic E-state index is 12.5. The summed E-state index contributed by atoms with van der Waals surface area (Å²) in [5.74, 6) is -0.843. The molecule has 27 heavy (non-hydrogen) atoms. The maximum Gasteiger partial charge on any atom is 0.308 e. The standard InChI is InChI=1S/C18H25N3O6/c1-3-27-18(23)13-4-6-14(10-13)20-17(22)12-5-7-15(19-8-9-26-2)16(11-12)21(24)25/h5,7,11,13-14,19H,3-4,6,8-10H2,1-2H3,(H,20,22)/t13-,14-/m1/s1.